The molecule has 1 aromatic rings. The van der Waals surface area contributed by atoms with Gasteiger partial charge in [0.05, 0.1) is 13.2 Å². The average Bonchev–Trinajstić information content (AvgIpc) is 2.79. The summed E-state index contributed by atoms with van der Waals surface area (Å²) in [4.78, 5) is 9.34. The van der Waals surface area contributed by atoms with E-state index in [1.807, 2.05) is 6.92 Å². The fraction of sp³-hybridized carbons (Fsp3) is 0.632. The SMILES string of the molecule is COCC(C)NC(N)=NCc1ccc(CN2CCCN(C)CC2)cc1. The Morgan fingerprint density at radius 2 is 1.92 bits per heavy atom. The van der Waals surface area contributed by atoms with Gasteiger partial charge < -0.3 is 20.7 Å². The van der Waals surface area contributed by atoms with Crippen molar-refractivity contribution < 1.29 is 4.74 Å². The Kier molecular flexibility index (Phi) is 8.18. The maximum atomic E-state index is 5.91. The second-order valence-corrected chi connectivity index (χ2v) is 6.95. The van der Waals surface area contributed by atoms with Crippen LogP contribution >= 0.6 is 0 Å². The molecule has 6 heteroatoms. The number of likely N-dealkylation sites (N-methyl/N-ethyl adjacent to an activating group) is 1. The highest BCUT2D eigenvalue weighted by atomic mass is 16.5. The van der Waals surface area contributed by atoms with Crippen molar-refractivity contribution in [1.29, 1.82) is 0 Å². The molecule has 0 aliphatic carbocycles. The van der Waals surface area contributed by atoms with Crippen LogP contribution in [0.15, 0.2) is 29.3 Å². The fourth-order valence-corrected chi connectivity index (χ4v) is 3.03. The van der Waals surface area contributed by atoms with Crippen molar-refractivity contribution in [3.05, 3.63) is 35.4 Å². The van der Waals surface area contributed by atoms with E-state index in [0.717, 1.165) is 19.6 Å². The Hall–Kier alpha value is -1.63. The average molecular weight is 348 g/mol. The molecule has 1 aliphatic heterocycles. The second-order valence-electron chi connectivity index (χ2n) is 6.95. The van der Waals surface area contributed by atoms with Gasteiger partial charge in [0.2, 0.25) is 0 Å². The summed E-state index contributed by atoms with van der Waals surface area (Å²) in [6.45, 7) is 8.91. The van der Waals surface area contributed by atoms with Gasteiger partial charge >= 0.3 is 0 Å². The van der Waals surface area contributed by atoms with E-state index in [0.29, 0.717) is 19.1 Å². The van der Waals surface area contributed by atoms with Crippen molar-refractivity contribution in [2.24, 2.45) is 10.7 Å². The van der Waals surface area contributed by atoms with Gasteiger partial charge in [-0.15, -0.1) is 0 Å². The van der Waals surface area contributed by atoms with Crippen LogP contribution in [0.25, 0.3) is 0 Å². The van der Waals surface area contributed by atoms with Gasteiger partial charge in [-0.1, -0.05) is 24.3 Å². The van der Waals surface area contributed by atoms with Gasteiger partial charge in [0.25, 0.3) is 0 Å². The number of nitrogens with two attached hydrogens (primary N) is 1. The standard InChI is InChI=1S/C19H33N5O/c1-16(15-25-3)22-19(20)21-13-17-5-7-18(8-6-17)14-24-10-4-9-23(2)11-12-24/h5-8,16H,4,9-15H2,1-3H3,(H3,20,21,22). The number of ether oxygens (including phenoxy) is 1. The monoisotopic (exact) mass is 347 g/mol. The van der Waals surface area contributed by atoms with Crippen LogP contribution < -0.4 is 11.1 Å². The van der Waals surface area contributed by atoms with Crippen LogP contribution in [0.5, 0.6) is 0 Å². The second kappa shape index (κ2) is 10.4. The topological polar surface area (TPSA) is 66.1 Å². The van der Waals surface area contributed by atoms with Gasteiger partial charge in [0.1, 0.15) is 0 Å². The minimum atomic E-state index is 0.156. The number of guanidine groups is 1. The Morgan fingerprint density at radius 1 is 1.20 bits per heavy atom. The van der Waals surface area contributed by atoms with Gasteiger partial charge in [-0.05, 0) is 44.6 Å². The first-order valence-corrected chi connectivity index (χ1v) is 9.11. The minimum Gasteiger partial charge on any atom is -0.383 e. The predicted octanol–water partition coefficient (Wildman–Crippen LogP) is 1.26. The van der Waals surface area contributed by atoms with Crippen LogP contribution in [-0.2, 0) is 17.8 Å². The van der Waals surface area contributed by atoms with Crippen LogP contribution in [0, 0.1) is 0 Å². The molecule has 0 amide bonds. The van der Waals surface area contributed by atoms with Crippen molar-refractivity contribution in [2.75, 3.05) is 46.9 Å². The molecule has 1 heterocycles. The van der Waals surface area contributed by atoms with E-state index in [1.54, 1.807) is 7.11 Å². The molecule has 1 fully saturated rings. The number of nitrogens with zero attached hydrogens (tertiary/aromatic N) is 3. The number of benzene rings is 1. The lowest BCUT2D eigenvalue weighted by molar-refractivity contribution is 0.179. The van der Waals surface area contributed by atoms with E-state index in [-0.39, 0.29) is 6.04 Å². The molecule has 140 valence electrons. The van der Waals surface area contributed by atoms with E-state index >= 15 is 0 Å². The van der Waals surface area contributed by atoms with Crippen molar-refractivity contribution in [3.63, 3.8) is 0 Å². The van der Waals surface area contributed by atoms with Crippen LogP contribution in [0.4, 0.5) is 0 Å². The third-order valence-electron chi connectivity index (χ3n) is 4.48. The summed E-state index contributed by atoms with van der Waals surface area (Å²) in [5, 5.41) is 3.12. The zero-order valence-corrected chi connectivity index (χ0v) is 15.9. The number of hydrogen-bond acceptors (Lipinski definition) is 4. The highest BCUT2D eigenvalue weighted by Crippen LogP contribution is 2.10. The van der Waals surface area contributed by atoms with Crippen molar-refractivity contribution >= 4 is 5.96 Å². The van der Waals surface area contributed by atoms with E-state index in [9.17, 15) is 0 Å². The first-order chi connectivity index (χ1) is 12.1. The van der Waals surface area contributed by atoms with E-state index in [2.05, 4.69) is 51.4 Å². The Morgan fingerprint density at radius 3 is 2.64 bits per heavy atom. The molecule has 0 spiro atoms. The first-order valence-electron chi connectivity index (χ1n) is 9.11. The lowest BCUT2D eigenvalue weighted by Gasteiger charge is -2.20. The number of rotatable bonds is 7. The number of nitrogens with one attached hydrogen (secondary N) is 1. The summed E-state index contributed by atoms with van der Waals surface area (Å²) in [7, 11) is 3.88. The van der Waals surface area contributed by atoms with Crippen molar-refractivity contribution in [1.82, 2.24) is 15.1 Å². The molecule has 1 aliphatic rings. The summed E-state index contributed by atoms with van der Waals surface area (Å²) in [5.74, 6) is 0.460. The van der Waals surface area contributed by atoms with Crippen LogP contribution in [-0.4, -0.2) is 68.7 Å². The maximum absolute atomic E-state index is 5.91. The summed E-state index contributed by atoms with van der Waals surface area (Å²) in [5.41, 5.74) is 8.43. The molecular formula is C19H33N5O. The van der Waals surface area contributed by atoms with Gasteiger partial charge in [-0.2, -0.15) is 0 Å². The molecule has 2 rings (SSSR count). The van der Waals surface area contributed by atoms with Crippen LogP contribution in [0.1, 0.15) is 24.5 Å². The molecule has 1 saturated heterocycles. The Bertz CT molecular complexity index is 531. The number of hydrogen-bond donors (Lipinski definition) is 2. The Labute approximate surface area is 152 Å². The lowest BCUT2D eigenvalue weighted by atomic mass is 10.1. The fourth-order valence-electron chi connectivity index (χ4n) is 3.03. The maximum Gasteiger partial charge on any atom is 0.189 e. The molecule has 0 aromatic heterocycles. The molecule has 1 aromatic carbocycles. The summed E-state index contributed by atoms with van der Waals surface area (Å²) >= 11 is 0. The van der Waals surface area contributed by atoms with Crippen LogP contribution in [0.3, 0.4) is 0 Å². The zero-order chi connectivity index (χ0) is 18.1. The molecule has 1 unspecified atom stereocenters. The zero-order valence-electron chi connectivity index (χ0n) is 15.9. The van der Waals surface area contributed by atoms with Crippen molar-refractivity contribution in [3.8, 4) is 0 Å². The predicted molar refractivity (Wildman–Crippen MR) is 104 cm³/mol. The van der Waals surface area contributed by atoms with Gasteiger partial charge in [0.15, 0.2) is 5.96 Å². The third-order valence-corrected chi connectivity index (χ3v) is 4.48. The summed E-state index contributed by atoms with van der Waals surface area (Å²) in [6.07, 6.45) is 1.25. The molecule has 0 bridgehead atoms. The highest BCUT2D eigenvalue weighted by molar-refractivity contribution is 5.78. The largest absolute Gasteiger partial charge is 0.383 e. The smallest absolute Gasteiger partial charge is 0.189 e. The van der Waals surface area contributed by atoms with E-state index in [4.69, 9.17) is 10.5 Å². The molecule has 3 N–H and O–H groups in total. The normalized spacial score (nSPS) is 18.8. The molecule has 6 nitrogen and oxygen atoms in total. The Balaban J connectivity index is 1.81. The van der Waals surface area contributed by atoms with Crippen molar-refractivity contribution in [2.45, 2.75) is 32.5 Å². The first kappa shape index (κ1) is 19.7. The highest BCUT2D eigenvalue weighted by Gasteiger charge is 2.12. The molecule has 0 saturated carbocycles. The number of aliphatic imine (C=N–C) groups is 1. The number of methoxy groups -OCH3 is 1. The van der Waals surface area contributed by atoms with Gasteiger partial charge in [-0.3, -0.25) is 4.90 Å². The van der Waals surface area contributed by atoms with Gasteiger partial charge in [0, 0.05) is 32.8 Å². The van der Waals surface area contributed by atoms with Gasteiger partial charge in [-0.25, -0.2) is 4.99 Å². The quantitative estimate of drug-likeness (QED) is 0.574. The van der Waals surface area contributed by atoms with Crippen LogP contribution in [0.2, 0.25) is 0 Å². The molecular weight excluding hydrogens is 314 g/mol. The molecule has 1 atom stereocenters. The molecule has 0 radical (unpaired) electrons. The summed E-state index contributed by atoms with van der Waals surface area (Å²) < 4.78 is 5.08. The van der Waals surface area contributed by atoms with E-state index in [1.165, 1.54) is 30.6 Å². The summed E-state index contributed by atoms with van der Waals surface area (Å²) in [6, 6.07) is 8.86. The molecule has 25 heavy (non-hydrogen) atoms. The van der Waals surface area contributed by atoms with E-state index < -0.39 is 0 Å². The lowest BCUT2D eigenvalue weighted by Crippen LogP contribution is -2.40. The third kappa shape index (κ3) is 7.42. The minimum absolute atomic E-state index is 0.156.